The monoisotopic (exact) mass is 392 g/mol. The molecule has 28 heavy (non-hydrogen) atoms. The Morgan fingerprint density at radius 1 is 0.750 bits per heavy atom. The fourth-order valence-corrected chi connectivity index (χ4v) is 5.11. The van der Waals surface area contributed by atoms with Crippen molar-refractivity contribution in [3.63, 3.8) is 0 Å². The fraction of sp³-hybridized carbons (Fsp3) is 0.136. The SMILES string of the molecule is O=C(c1ccccc1)N1CCN(S(=O)(=O)c2ccccc2)[C@H]1c1ccccc1. The number of benzene rings is 3. The number of hydrogen-bond donors (Lipinski definition) is 0. The van der Waals surface area contributed by atoms with Crippen molar-refractivity contribution in [1.29, 1.82) is 0 Å². The molecule has 1 saturated heterocycles. The summed E-state index contributed by atoms with van der Waals surface area (Å²) in [7, 11) is -3.75. The molecule has 0 radical (unpaired) electrons. The van der Waals surface area contributed by atoms with Gasteiger partial charge in [-0.2, -0.15) is 4.31 Å². The predicted molar refractivity (Wildman–Crippen MR) is 107 cm³/mol. The zero-order chi connectivity index (χ0) is 19.6. The van der Waals surface area contributed by atoms with Gasteiger partial charge >= 0.3 is 0 Å². The molecule has 0 spiro atoms. The van der Waals surface area contributed by atoms with E-state index in [4.69, 9.17) is 0 Å². The lowest BCUT2D eigenvalue weighted by atomic mass is 10.1. The van der Waals surface area contributed by atoms with Crippen molar-refractivity contribution >= 4 is 15.9 Å². The Morgan fingerprint density at radius 3 is 1.89 bits per heavy atom. The third-order valence-corrected chi connectivity index (χ3v) is 6.73. The van der Waals surface area contributed by atoms with Gasteiger partial charge in [0.1, 0.15) is 6.17 Å². The lowest BCUT2D eigenvalue weighted by Gasteiger charge is -2.30. The minimum absolute atomic E-state index is 0.180. The van der Waals surface area contributed by atoms with Crippen LogP contribution in [0.3, 0.4) is 0 Å². The number of sulfonamides is 1. The molecule has 0 bridgehead atoms. The second kappa shape index (κ2) is 7.58. The molecule has 0 aromatic heterocycles. The third-order valence-electron chi connectivity index (χ3n) is 4.86. The largest absolute Gasteiger partial charge is 0.316 e. The van der Waals surface area contributed by atoms with E-state index in [1.165, 1.54) is 4.31 Å². The first-order valence-corrected chi connectivity index (χ1v) is 10.5. The van der Waals surface area contributed by atoms with E-state index in [1.807, 2.05) is 36.4 Å². The molecule has 0 aliphatic carbocycles. The second-order valence-electron chi connectivity index (χ2n) is 6.58. The highest BCUT2D eigenvalue weighted by molar-refractivity contribution is 7.89. The molecule has 1 fully saturated rings. The van der Waals surface area contributed by atoms with Gasteiger partial charge in [0.25, 0.3) is 5.91 Å². The summed E-state index contributed by atoms with van der Waals surface area (Å²) in [5.41, 5.74) is 1.31. The highest BCUT2D eigenvalue weighted by Crippen LogP contribution is 2.35. The topological polar surface area (TPSA) is 57.7 Å². The summed E-state index contributed by atoms with van der Waals surface area (Å²) in [6.45, 7) is 0.578. The molecular formula is C22H20N2O3S. The van der Waals surface area contributed by atoms with Gasteiger partial charge in [-0.1, -0.05) is 66.7 Å². The van der Waals surface area contributed by atoms with Crippen LogP contribution in [0.15, 0.2) is 95.9 Å². The van der Waals surface area contributed by atoms with Gasteiger partial charge in [0.05, 0.1) is 4.90 Å². The van der Waals surface area contributed by atoms with Gasteiger partial charge in [-0.25, -0.2) is 8.42 Å². The third kappa shape index (κ3) is 3.32. The van der Waals surface area contributed by atoms with Gasteiger partial charge in [0, 0.05) is 18.7 Å². The predicted octanol–water partition coefficient (Wildman–Crippen LogP) is 3.53. The van der Waals surface area contributed by atoms with Crippen molar-refractivity contribution in [3.05, 3.63) is 102 Å². The zero-order valence-corrected chi connectivity index (χ0v) is 16.0. The number of hydrogen-bond acceptors (Lipinski definition) is 3. The van der Waals surface area contributed by atoms with Crippen LogP contribution in [0.1, 0.15) is 22.1 Å². The van der Waals surface area contributed by atoms with Crippen LogP contribution in [0, 0.1) is 0 Å². The molecule has 5 nitrogen and oxygen atoms in total. The van der Waals surface area contributed by atoms with Crippen LogP contribution in [-0.2, 0) is 10.0 Å². The Balaban J connectivity index is 1.77. The van der Waals surface area contributed by atoms with Crippen LogP contribution < -0.4 is 0 Å². The highest BCUT2D eigenvalue weighted by atomic mass is 32.2. The van der Waals surface area contributed by atoms with Gasteiger partial charge in [-0.3, -0.25) is 4.79 Å². The summed E-state index contributed by atoms with van der Waals surface area (Å²) in [5.74, 6) is -0.180. The van der Waals surface area contributed by atoms with Crippen molar-refractivity contribution in [2.75, 3.05) is 13.1 Å². The van der Waals surface area contributed by atoms with E-state index in [-0.39, 0.29) is 17.3 Å². The minimum Gasteiger partial charge on any atom is -0.316 e. The quantitative estimate of drug-likeness (QED) is 0.682. The summed E-state index contributed by atoms with van der Waals surface area (Å²) in [5, 5.41) is 0. The highest BCUT2D eigenvalue weighted by Gasteiger charge is 2.43. The standard InChI is InChI=1S/C22H20N2O3S/c25-22(19-12-6-2-7-13-19)23-16-17-24(21(23)18-10-4-1-5-11-18)28(26,27)20-14-8-3-9-15-20/h1-15,21H,16-17H2/t21-/m0/s1. The molecular weight excluding hydrogens is 372 g/mol. The average Bonchev–Trinajstić information content (AvgIpc) is 3.21. The first-order chi connectivity index (χ1) is 13.6. The van der Waals surface area contributed by atoms with Gasteiger partial charge in [0.2, 0.25) is 10.0 Å². The van der Waals surface area contributed by atoms with E-state index in [0.717, 1.165) is 5.56 Å². The number of carbonyl (C=O) groups excluding carboxylic acids is 1. The van der Waals surface area contributed by atoms with E-state index in [0.29, 0.717) is 12.1 Å². The average molecular weight is 392 g/mol. The Morgan fingerprint density at radius 2 is 1.29 bits per heavy atom. The minimum atomic E-state index is -3.75. The van der Waals surface area contributed by atoms with Crippen molar-refractivity contribution in [2.45, 2.75) is 11.1 Å². The maximum absolute atomic E-state index is 13.3. The van der Waals surface area contributed by atoms with Gasteiger partial charge in [-0.05, 0) is 29.8 Å². The first kappa shape index (κ1) is 18.4. The maximum Gasteiger partial charge on any atom is 0.255 e. The van der Waals surface area contributed by atoms with E-state index in [2.05, 4.69) is 0 Å². The molecule has 142 valence electrons. The molecule has 0 saturated carbocycles. The number of nitrogens with zero attached hydrogens (tertiary/aromatic N) is 2. The molecule has 0 unspecified atom stereocenters. The van der Waals surface area contributed by atoms with Crippen LogP contribution in [0.25, 0.3) is 0 Å². The van der Waals surface area contributed by atoms with Gasteiger partial charge in [0.15, 0.2) is 0 Å². The Bertz CT molecular complexity index is 1050. The van der Waals surface area contributed by atoms with E-state index in [1.54, 1.807) is 59.5 Å². The summed E-state index contributed by atoms with van der Waals surface area (Å²) in [4.78, 5) is 15.0. The molecule has 6 heteroatoms. The van der Waals surface area contributed by atoms with Crippen molar-refractivity contribution < 1.29 is 13.2 Å². The normalized spacial score (nSPS) is 17.6. The molecule has 3 aromatic rings. The molecule has 1 heterocycles. The molecule has 1 amide bonds. The summed E-state index contributed by atoms with van der Waals surface area (Å²) < 4.78 is 28.0. The first-order valence-electron chi connectivity index (χ1n) is 9.07. The van der Waals surface area contributed by atoms with E-state index < -0.39 is 16.2 Å². The zero-order valence-electron chi connectivity index (χ0n) is 15.2. The molecule has 1 aliphatic heterocycles. The summed E-state index contributed by atoms with van der Waals surface area (Å²) in [6, 6.07) is 26.6. The number of rotatable bonds is 4. The molecule has 1 aliphatic rings. The van der Waals surface area contributed by atoms with Crippen LogP contribution in [-0.4, -0.2) is 36.6 Å². The smallest absolute Gasteiger partial charge is 0.255 e. The number of carbonyl (C=O) groups is 1. The second-order valence-corrected chi connectivity index (χ2v) is 8.47. The van der Waals surface area contributed by atoms with Crippen LogP contribution in [0.4, 0.5) is 0 Å². The Labute approximate surface area is 164 Å². The van der Waals surface area contributed by atoms with E-state index >= 15 is 0 Å². The molecule has 0 N–H and O–H groups in total. The van der Waals surface area contributed by atoms with Gasteiger partial charge < -0.3 is 4.90 Å². The summed E-state index contributed by atoms with van der Waals surface area (Å²) >= 11 is 0. The molecule has 3 aromatic carbocycles. The van der Waals surface area contributed by atoms with Crippen LogP contribution in [0.5, 0.6) is 0 Å². The number of amides is 1. The van der Waals surface area contributed by atoms with E-state index in [9.17, 15) is 13.2 Å². The van der Waals surface area contributed by atoms with Crippen LogP contribution in [0.2, 0.25) is 0 Å². The van der Waals surface area contributed by atoms with Crippen molar-refractivity contribution in [3.8, 4) is 0 Å². The Kier molecular flexibility index (Phi) is 4.98. The summed E-state index contributed by atoms with van der Waals surface area (Å²) in [6.07, 6.45) is -0.681. The lowest BCUT2D eigenvalue weighted by Crippen LogP contribution is -2.38. The Hall–Kier alpha value is -2.96. The van der Waals surface area contributed by atoms with Crippen molar-refractivity contribution in [1.82, 2.24) is 9.21 Å². The molecule has 4 rings (SSSR count). The van der Waals surface area contributed by atoms with Crippen molar-refractivity contribution in [2.24, 2.45) is 0 Å². The van der Waals surface area contributed by atoms with Crippen LogP contribution >= 0.6 is 0 Å². The fourth-order valence-electron chi connectivity index (χ4n) is 3.52. The molecule has 1 atom stereocenters. The lowest BCUT2D eigenvalue weighted by molar-refractivity contribution is 0.0693. The maximum atomic E-state index is 13.3. The van der Waals surface area contributed by atoms with Gasteiger partial charge in [-0.15, -0.1) is 0 Å².